The van der Waals surface area contributed by atoms with Crippen LogP contribution < -0.4 is 5.32 Å². The van der Waals surface area contributed by atoms with Crippen LogP contribution in [-0.4, -0.2) is 49.5 Å². The van der Waals surface area contributed by atoms with Crippen molar-refractivity contribution in [2.75, 3.05) is 33.4 Å². The highest BCUT2D eigenvalue weighted by Crippen LogP contribution is 2.31. The second kappa shape index (κ2) is 8.06. The average Bonchev–Trinajstić information content (AvgIpc) is 2.68. The standard InChI is InChI=1S/C21H28N2O3/c1-16(18-9-5-7-17-6-3-4-8-19(17)18)22-20(25)23(2)14-21(15-24)10-12-26-13-11-21/h3-9,16,24H,10-15H2,1-2H3,(H,22,25)/t16-/m0/s1. The molecule has 1 aliphatic rings. The molecule has 1 aliphatic heterocycles. The van der Waals surface area contributed by atoms with E-state index in [1.165, 1.54) is 5.39 Å². The average molecular weight is 356 g/mol. The van der Waals surface area contributed by atoms with Gasteiger partial charge in [0.25, 0.3) is 0 Å². The molecule has 0 bridgehead atoms. The molecule has 0 saturated carbocycles. The molecule has 26 heavy (non-hydrogen) atoms. The molecule has 1 heterocycles. The highest BCUT2D eigenvalue weighted by molar-refractivity contribution is 5.86. The third-order valence-electron chi connectivity index (χ3n) is 5.44. The van der Waals surface area contributed by atoms with Gasteiger partial charge in [0.2, 0.25) is 0 Å². The smallest absolute Gasteiger partial charge is 0.317 e. The zero-order chi connectivity index (χ0) is 18.6. The fourth-order valence-corrected chi connectivity index (χ4v) is 3.75. The van der Waals surface area contributed by atoms with E-state index in [4.69, 9.17) is 4.74 Å². The van der Waals surface area contributed by atoms with E-state index in [0.717, 1.165) is 23.8 Å². The summed E-state index contributed by atoms with van der Waals surface area (Å²) in [5, 5.41) is 15.3. The van der Waals surface area contributed by atoms with Crippen LogP contribution in [0.15, 0.2) is 42.5 Å². The van der Waals surface area contributed by atoms with Crippen LogP contribution in [0.5, 0.6) is 0 Å². The van der Waals surface area contributed by atoms with Crippen molar-refractivity contribution in [1.82, 2.24) is 10.2 Å². The number of rotatable bonds is 5. The summed E-state index contributed by atoms with van der Waals surface area (Å²) in [5.41, 5.74) is 0.848. The van der Waals surface area contributed by atoms with Gasteiger partial charge in [-0.05, 0) is 36.1 Å². The predicted molar refractivity (Wildman–Crippen MR) is 103 cm³/mol. The van der Waals surface area contributed by atoms with Gasteiger partial charge in [-0.15, -0.1) is 0 Å². The Balaban J connectivity index is 1.68. The summed E-state index contributed by atoms with van der Waals surface area (Å²) in [7, 11) is 1.79. The topological polar surface area (TPSA) is 61.8 Å². The van der Waals surface area contributed by atoms with E-state index >= 15 is 0 Å². The second-order valence-corrected chi connectivity index (χ2v) is 7.37. The molecular weight excluding hydrogens is 328 g/mol. The third-order valence-corrected chi connectivity index (χ3v) is 5.44. The molecule has 5 nitrogen and oxygen atoms in total. The van der Waals surface area contributed by atoms with Crippen LogP contribution in [0, 0.1) is 5.41 Å². The van der Waals surface area contributed by atoms with Crippen LogP contribution in [0.2, 0.25) is 0 Å². The Labute approximate surface area is 155 Å². The zero-order valence-electron chi connectivity index (χ0n) is 15.6. The Morgan fingerprint density at radius 2 is 1.92 bits per heavy atom. The summed E-state index contributed by atoms with van der Waals surface area (Å²) in [6.07, 6.45) is 1.56. The lowest BCUT2D eigenvalue weighted by molar-refractivity contribution is -0.0261. The van der Waals surface area contributed by atoms with Crippen LogP contribution in [0.3, 0.4) is 0 Å². The normalized spacial score (nSPS) is 17.7. The van der Waals surface area contributed by atoms with Crippen molar-refractivity contribution in [3.05, 3.63) is 48.0 Å². The highest BCUT2D eigenvalue weighted by atomic mass is 16.5. The maximum atomic E-state index is 12.7. The lowest BCUT2D eigenvalue weighted by Gasteiger charge is -2.38. The lowest BCUT2D eigenvalue weighted by Crippen LogP contribution is -2.47. The van der Waals surface area contributed by atoms with E-state index < -0.39 is 0 Å². The van der Waals surface area contributed by atoms with E-state index in [9.17, 15) is 9.90 Å². The number of hydrogen-bond donors (Lipinski definition) is 2. The molecule has 140 valence electrons. The molecule has 3 rings (SSSR count). The molecule has 1 fully saturated rings. The number of fused-ring (bicyclic) bond motifs is 1. The van der Waals surface area contributed by atoms with Gasteiger partial charge in [0.1, 0.15) is 0 Å². The van der Waals surface area contributed by atoms with E-state index in [0.29, 0.717) is 19.8 Å². The van der Waals surface area contributed by atoms with E-state index in [-0.39, 0.29) is 24.1 Å². The number of carbonyl (C=O) groups is 1. The summed E-state index contributed by atoms with van der Waals surface area (Å²) in [6.45, 7) is 3.89. The molecule has 1 saturated heterocycles. The molecule has 1 atom stereocenters. The van der Waals surface area contributed by atoms with Crippen LogP contribution in [-0.2, 0) is 4.74 Å². The monoisotopic (exact) mass is 356 g/mol. The number of ether oxygens (including phenoxy) is 1. The fourth-order valence-electron chi connectivity index (χ4n) is 3.75. The first-order valence-electron chi connectivity index (χ1n) is 9.23. The van der Waals surface area contributed by atoms with Gasteiger partial charge in [-0.1, -0.05) is 42.5 Å². The lowest BCUT2D eigenvalue weighted by atomic mass is 9.80. The molecule has 2 N–H and O–H groups in total. The minimum Gasteiger partial charge on any atom is -0.396 e. The van der Waals surface area contributed by atoms with Gasteiger partial charge < -0.3 is 20.1 Å². The second-order valence-electron chi connectivity index (χ2n) is 7.37. The SMILES string of the molecule is C[C@H](NC(=O)N(C)CC1(CO)CCOCC1)c1cccc2ccccc12. The van der Waals surface area contributed by atoms with Crippen molar-refractivity contribution in [3.8, 4) is 0 Å². The minimum atomic E-state index is -0.257. The zero-order valence-corrected chi connectivity index (χ0v) is 15.6. The van der Waals surface area contributed by atoms with Gasteiger partial charge in [-0.25, -0.2) is 4.79 Å². The van der Waals surface area contributed by atoms with Crippen LogP contribution in [0.25, 0.3) is 10.8 Å². The molecule has 0 radical (unpaired) electrons. The first-order chi connectivity index (χ1) is 12.5. The van der Waals surface area contributed by atoms with Gasteiger partial charge in [-0.3, -0.25) is 0 Å². The number of aliphatic hydroxyl groups excluding tert-OH is 1. The molecule has 2 aromatic rings. The number of amides is 2. The van der Waals surface area contributed by atoms with Crippen molar-refractivity contribution < 1.29 is 14.6 Å². The van der Waals surface area contributed by atoms with Crippen LogP contribution in [0.4, 0.5) is 4.79 Å². The molecule has 2 amide bonds. The number of carbonyl (C=O) groups excluding carboxylic acids is 1. The van der Waals surface area contributed by atoms with E-state index in [1.807, 2.05) is 25.1 Å². The van der Waals surface area contributed by atoms with E-state index in [2.05, 4.69) is 29.6 Å². The van der Waals surface area contributed by atoms with Crippen molar-refractivity contribution in [2.24, 2.45) is 5.41 Å². The predicted octanol–water partition coefficient (Wildman–Crippen LogP) is 3.33. The quantitative estimate of drug-likeness (QED) is 0.864. The highest BCUT2D eigenvalue weighted by Gasteiger charge is 2.34. The summed E-state index contributed by atoms with van der Waals surface area (Å²) in [6, 6.07) is 14.1. The molecule has 0 spiro atoms. The molecule has 2 aromatic carbocycles. The third kappa shape index (κ3) is 4.00. The molecule has 0 aliphatic carbocycles. The van der Waals surface area contributed by atoms with Crippen molar-refractivity contribution in [2.45, 2.75) is 25.8 Å². The number of benzene rings is 2. The van der Waals surface area contributed by atoms with Gasteiger partial charge in [0.05, 0.1) is 12.6 Å². The van der Waals surface area contributed by atoms with Crippen LogP contribution >= 0.6 is 0 Å². The van der Waals surface area contributed by atoms with Gasteiger partial charge in [0, 0.05) is 32.2 Å². The number of aliphatic hydroxyl groups is 1. The van der Waals surface area contributed by atoms with Gasteiger partial charge >= 0.3 is 6.03 Å². The van der Waals surface area contributed by atoms with Gasteiger partial charge in [0.15, 0.2) is 0 Å². The number of nitrogens with zero attached hydrogens (tertiary/aromatic N) is 1. The van der Waals surface area contributed by atoms with E-state index in [1.54, 1.807) is 11.9 Å². The maximum absolute atomic E-state index is 12.7. The largest absolute Gasteiger partial charge is 0.396 e. The van der Waals surface area contributed by atoms with Crippen molar-refractivity contribution >= 4 is 16.8 Å². The fraction of sp³-hybridized carbons (Fsp3) is 0.476. The summed E-state index contributed by atoms with van der Waals surface area (Å²) in [5.74, 6) is 0. The Hall–Kier alpha value is -2.11. The van der Waals surface area contributed by atoms with Gasteiger partial charge in [-0.2, -0.15) is 0 Å². The van der Waals surface area contributed by atoms with Crippen molar-refractivity contribution in [1.29, 1.82) is 0 Å². The first-order valence-corrected chi connectivity index (χ1v) is 9.23. The Morgan fingerprint density at radius 3 is 2.65 bits per heavy atom. The molecular formula is C21H28N2O3. The number of hydrogen-bond acceptors (Lipinski definition) is 3. The summed E-state index contributed by atoms with van der Waals surface area (Å²) in [4.78, 5) is 14.4. The van der Waals surface area contributed by atoms with Crippen molar-refractivity contribution in [3.63, 3.8) is 0 Å². The molecule has 0 unspecified atom stereocenters. The Kier molecular flexibility index (Phi) is 5.79. The Morgan fingerprint density at radius 1 is 1.23 bits per heavy atom. The summed E-state index contributed by atoms with van der Waals surface area (Å²) < 4.78 is 5.40. The first kappa shape index (κ1) is 18.7. The van der Waals surface area contributed by atoms with Crippen LogP contribution in [0.1, 0.15) is 31.4 Å². The Bertz CT molecular complexity index is 751. The number of nitrogens with one attached hydrogen (secondary N) is 1. The summed E-state index contributed by atoms with van der Waals surface area (Å²) >= 11 is 0. The minimum absolute atomic E-state index is 0.0762. The maximum Gasteiger partial charge on any atom is 0.317 e. The number of urea groups is 1. The molecule has 0 aromatic heterocycles. The molecule has 5 heteroatoms.